The van der Waals surface area contributed by atoms with Crippen molar-refractivity contribution in [3.8, 4) is 5.75 Å². The number of sulfonamides is 1. The monoisotopic (exact) mass is 456 g/mol. The Hall–Kier alpha value is -3.39. The minimum Gasteiger partial charge on any atom is -0.484 e. The molecule has 0 saturated heterocycles. The Balaban J connectivity index is 1.61. The Morgan fingerprint density at radius 1 is 0.938 bits per heavy atom. The third-order valence-electron chi connectivity index (χ3n) is 4.78. The van der Waals surface area contributed by atoms with Crippen LogP contribution in [0.25, 0.3) is 0 Å². The van der Waals surface area contributed by atoms with Crippen molar-refractivity contribution in [3.63, 3.8) is 0 Å². The first-order valence-electron chi connectivity index (χ1n) is 10.1. The number of ether oxygens (including phenoxy) is 1. The van der Waals surface area contributed by atoms with Crippen LogP contribution < -0.4 is 14.4 Å². The number of benzene rings is 3. The summed E-state index contributed by atoms with van der Waals surface area (Å²) in [6.07, 6.45) is 2.03. The summed E-state index contributed by atoms with van der Waals surface area (Å²) in [5.74, 6) is -0.254. The van der Waals surface area contributed by atoms with Gasteiger partial charge in [0, 0.05) is 5.69 Å². The summed E-state index contributed by atoms with van der Waals surface area (Å²) in [6.45, 7) is 1.95. The quantitative estimate of drug-likeness (QED) is 0.519. The molecule has 1 amide bonds. The molecular weight excluding hydrogens is 431 g/mol. The van der Waals surface area contributed by atoms with Crippen LogP contribution in [-0.2, 0) is 27.8 Å². The molecule has 8 heteroatoms. The van der Waals surface area contributed by atoms with Gasteiger partial charge in [-0.1, -0.05) is 31.2 Å². The van der Waals surface area contributed by atoms with Crippen molar-refractivity contribution in [2.45, 2.75) is 19.9 Å². The van der Waals surface area contributed by atoms with Crippen LogP contribution in [0.1, 0.15) is 18.1 Å². The molecule has 0 unspecified atom stereocenters. The van der Waals surface area contributed by atoms with Gasteiger partial charge in [-0.15, -0.1) is 0 Å². The van der Waals surface area contributed by atoms with E-state index in [1.54, 1.807) is 36.4 Å². The summed E-state index contributed by atoms with van der Waals surface area (Å²) < 4.78 is 44.4. The maximum absolute atomic E-state index is 13.1. The number of carbonyl (C=O) groups is 1. The van der Waals surface area contributed by atoms with Crippen LogP contribution in [0.5, 0.6) is 5.75 Å². The van der Waals surface area contributed by atoms with E-state index in [9.17, 15) is 17.6 Å². The van der Waals surface area contributed by atoms with Gasteiger partial charge < -0.3 is 10.1 Å². The largest absolute Gasteiger partial charge is 0.484 e. The molecule has 3 rings (SSSR count). The predicted octanol–water partition coefficient (Wildman–Crippen LogP) is 4.37. The van der Waals surface area contributed by atoms with Crippen molar-refractivity contribution in [2.24, 2.45) is 0 Å². The first-order chi connectivity index (χ1) is 15.2. The van der Waals surface area contributed by atoms with Crippen LogP contribution in [0, 0.1) is 5.82 Å². The van der Waals surface area contributed by atoms with E-state index >= 15 is 0 Å². The Bertz CT molecular complexity index is 1150. The van der Waals surface area contributed by atoms with Crippen LogP contribution in [0.15, 0.2) is 72.8 Å². The lowest BCUT2D eigenvalue weighted by molar-refractivity contribution is -0.118. The third kappa shape index (κ3) is 6.55. The highest BCUT2D eigenvalue weighted by atomic mass is 32.2. The van der Waals surface area contributed by atoms with Gasteiger partial charge in [0.15, 0.2) is 6.61 Å². The van der Waals surface area contributed by atoms with Crippen molar-refractivity contribution < 1.29 is 22.3 Å². The smallest absolute Gasteiger partial charge is 0.262 e. The molecule has 0 aliphatic carbocycles. The zero-order chi connectivity index (χ0) is 23.1. The van der Waals surface area contributed by atoms with Crippen LogP contribution in [0.4, 0.5) is 15.8 Å². The Kier molecular flexibility index (Phi) is 7.48. The highest BCUT2D eigenvalue weighted by Gasteiger charge is 2.18. The van der Waals surface area contributed by atoms with E-state index in [0.29, 0.717) is 22.7 Å². The van der Waals surface area contributed by atoms with Crippen molar-refractivity contribution in [2.75, 3.05) is 22.5 Å². The fourth-order valence-corrected chi connectivity index (χ4v) is 3.92. The van der Waals surface area contributed by atoms with Crippen molar-refractivity contribution in [1.29, 1.82) is 0 Å². The molecule has 0 aromatic heterocycles. The number of nitrogens with zero attached hydrogens (tertiary/aromatic N) is 1. The fourth-order valence-electron chi connectivity index (χ4n) is 3.03. The van der Waals surface area contributed by atoms with E-state index < -0.39 is 10.0 Å². The number of carbonyl (C=O) groups excluding carboxylic acids is 1. The second-order valence-electron chi connectivity index (χ2n) is 7.28. The third-order valence-corrected chi connectivity index (χ3v) is 5.92. The zero-order valence-corrected chi connectivity index (χ0v) is 18.7. The molecule has 0 heterocycles. The maximum atomic E-state index is 13.1. The van der Waals surface area contributed by atoms with Gasteiger partial charge in [0.2, 0.25) is 10.0 Å². The number of amides is 1. The molecule has 0 atom stereocenters. The van der Waals surface area contributed by atoms with E-state index in [-0.39, 0.29) is 24.9 Å². The standard InChI is InChI=1S/C24H25FN2O4S/c1-3-18-6-10-21(11-7-18)26-24(28)17-31-23-14-12-22(13-15-23)27(32(2,29)30)16-19-4-8-20(25)9-5-19/h4-15H,3,16-17H2,1-2H3,(H,26,28). The number of halogens is 1. The van der Waals surface area contributed by atoms with Gasteiger partial charge in [-0.05, 0) is 66.1 Å². The van der Waals surface area contributed by atoms with E-state index in [1.165, 1.54) is 22.0 Å². The van der Waals surface area contributed by atoms with E-state index in [0.717, 1.165) is 12.7 Å². The first-order valence-corrected chi connectivity index (χ1v) is 11.9. The van der Waals surface area contributed by atoms with Gasteiger partial charge in [0.05, 0.1) is 18.5 Å². The molecule has 3 aromatic carbocycles. The van der Waals surface area contributed by atoms with Crippen LogP contribution in [0.3, 0.4) is 0 Å². The van der Waals surface area contributed by atoms with Crippen molar-refractivity contribution in [1.82, 2.24) is 0 Å². The highest BCUT2D eigenvalue weighted by Crippen LogP contribution is 2.24. The Morgan fingerprint density at radius 2 is 1.53 bits per heavy atom. The van der Waals surface area contributed by atoms with Crippen LogP contribution in [0.2, 0.25) is 0 Å². The summed E-state index contributed by atoms with van der Waals surface area (Å²) in [7, 11) is -3.57. The number of hydrogen-bond donors (Lipinski definition) is 1. The van der Waals surface area contributed by atoms with Gasteiger partial charge in [0.25, 0.3) is 5.91 Å². The molecular formula is C24H25FN2O4S. The molecule has 3 aromatic rings. The number of hydrogen-bond acceptors (Lipinski definition) is 4. The summed E-state index contributed by atoms with van der Waals surface area (Å²) in [5, 5.41) is 2.77. The van der Waals surface area contributed by atoms with Crippen molar-refractivity contribution in [3.05, 3.63) is 89.7 Å². The Labute approximate surface area is 187 Å². The molecule has 0 bridgehead atoms. The maximum Gasteiger partial charge on any atom is 0.262 e. The molecule has 6 nitrogen and oxygen atoms in total. The lowest BCUT2D eigenvalue weighted by Gasteiger charge is -2.22. The number of nitrogens with one attached hydrogen (secondary N) is 1. The minimum atomic E-state index is -3.57. The van der Waals surface area contributed by atoms with Gasteiger partial charge in [-0.3, -0.25) is 9.10 Å². The molecule has 1 N–H and O–H groups in total. The molecule has 168 valence electrons. The van der Waals surface area contributed by atoms with Gasteiger partial charge in [0.1, 0.15) is 11.6 Å². The lowest BCUT2D eigenvalue weighted by atomic mass is 10.1. The number of rotatable bonds is 9. The Morgan fingerprint density at radius 3 is 2.09 bits per heavy atom. The molecule has 32 heavy (non-hydrogen) atoms. The summed E-state index contributed by atoms with van der Waals surface area (Å²) in [5.41, 5.74) is 2.96. The molecule has 0 saturated carbocycles. The summed E-state index contributed by atoms with van der Waals surface area (Å²) >= 11 is 0. The van der Waals surface area contributed by atoms with Crippen LogP contribution >= 0.6 is 0 Å². The normalized spacial score (nSPS) is 11.1. The second-order valence-corrected chi connectivity index (χ2v) is 9.18. The molecule has 0 radical (unpaired) electrons. The number of aryl methyl sites for hydroxylation is 1. The van der Waals surface area contributed by atoms with E-state index in [4.69, 9.17) is 4.74 Å². The average molecular weight is 457 g/mol. The summed E-state index contributed by atoms with van der Waals surface area (Å²) in [4.78, 5) is 12.1. The molecule has 0 aliphatic rings. The molecule has 0 aliphatic heterocycles. The molecule has 0 fully saturated rings. The summed E-state index contributed by atoms with van der Waals surface area (Å²) in [6, 6.07) is 19.6. The lowest BCUT2D eigenvalue weighted by Crippen LogP contribution is -2.29. The predicted molar refractivity (Wildman–Crippen MR) is 124 cm³/mol. The van der Waals surface area contributed by atoms with E-state index in [2.05, 4.69) is 12.2 Å². The van der Waals surface area contributed by atoms with Gasteiger partial charge in [-0.25, -0.2) is 12.8 Å². The first kappa shape index (κ1) is 23.3. The fraction of sp³-hybridized carbons (Fsp3) is 0.208. The highest BCUT2D eigenvalue weighted by molar-refractivity contribution is 7.92. The van der Waals surface area contributed by atoms with Gasteiger partial charge in [-0.2, -0.15) is 0 Å². The topological polar surface area (TPSA) is 75.7 Å². The van der Waals surface area contributed by atoms with Crippen molar-refractivity contribution >= 4 is 27.3 Å². The SMILES string of the molecule is CCc1ccc(NC(=O)COc2ccc(N(Cc3ccc(F)cc3)S(C)(=O)=O)cc2)cc1. The zero-order valence-electron chi connectivity index (χ0n) is 17.9. The second kappa shape index (κ2) is 10.3. The number of anilines is 2. The average Bonchev–Trinajstić information content (AvgIpc) is 2.77. The van der Waals surface area contributed by atoms with Gasteiger partial charge >= 0.3 is 0 Å². The minimum absolute atomic E-state index is 0.0680. The molecule has 0 spiro atoms. The van der Waals surface area contributed by atoms with E-state index in [1.807, 2.05) is 24.3 Å². The van der Waals surface area contributed by atoms with Crippen LogP contribution in [-0.4, -0.2) is 27.2 Å².